The molecule has 0 amide bonds. The van der Waals surface area contributed by atoms with Gasteiger partial charge in [-0.25, -0.2) is 4.99 Å². The molecule has 1 aliphatic carbocycles. The Labute approximate surface area is 137 Å². The van der Waals surface area contributed by atoms with Crippen LogP contribution in [0.4, 0.5) is 5.00 Å². The Hall–Kier alpha value is -1.15. The molecule has 0 N–H and O–H groups in total. The van der Waals surface area contributed by atoms with Gasteiger partial charge in [-0.05, 0) is 49.8 Å². The maximum Gasteiger partial charge on any atom is 0.134 e. The van der Waals surface area contributed by atoms with E-state index in [1.54, 1.807) is 11.3 Å². The Morgan fingerprint density at radius 2 is 2.24 bits per heavy atom. The molecule has 1 aliphatic rings. The van der Waals surface area contributed by atoms with Crippen LogP contribution in [0.3, 0.4) is 0 Å². The lowest BCUT2D eigenvalue weighted by Gasteiger charge is -2.17. The number of hydrogen-bond donors (Lipinski definition) is 0. The molecule has 0 aliphatic heterocycles. The van der Waals surface area contributed by atoms with E-state index in [0.29, 0.717) is 5.92 Å². The predicted molar refractivity (Wildman–Crippen MR) is 91.4 cm³/mol. The molecule has 0 aromatic carbocycles. The van der Waals surface area contributed by atoms with Gasteiger partial charge in [0.15, 0.2) is 0 Å². The van der Waals surface area contributed by atoms with Crippen molar-refractivity contribution in [2.45, 2.75) is 33.1 Å². The number of nitrogens with zero attached hydrogens (tertiary/aromatic N) is 2. The van der Waals surface area contributed by atoms with Crippen LogP contribution in [0, 0.1) is 17.2 Å². The van der Waals surface area contributed by atoms with Crippen molar-refractivity contribution in [2.75, 3.05) is 0 Å². The monoisotopic (exact) mass is 334 g/mol. The molecular weight excluding hydrogens is 320 g/mol. The van der Waals surface area contributed by atoms with Crippen LogP contribution in [-0.4, -0.2) is 5.71 Å². The number of fused-ring (bicyclic) bond motifs is 1. The van der Waals surface area contributed by atoms with E-state index in [0.717, 1.165) is 38.3 Å². The summed E-state index contributed by atoms with van der Waals surface area (Å²) in [6.07, 6.45) is 3.25. The molecule has 3 rings (SSSR count). The molecule has 0 saturated carbocycles. The molecule has 0 bridgehead atoms. The summed E-state index contributed by atoms with van der Waals surface area (Å²) in [6.45, 7) is 4.25. The van der Waals surface area contributed by atoms with E-state index < -0.39 is 0 Å². The number of hydrogen-bond acceptors (Lipinski definition) is 4. The fourth-order valence-corrected chi connectivity index (χ4v) is 5.02. The molecule has 2 aromatic rings. The van der Waals surface area contributed by atoms with Gasteiger partial charge in [-0.1, -0.05) is 18.5 Å². The molecule has 0 fully saturated rings. The van der Waals surface area contributed by atoms with Gasteiger partial charge in [-0.3, -0.25) is 0 Å². The third-order valence-corrected chi connectivity index (χ3v) is 6.29. The Bertz CT molecular complexity index is 749. The van der Waals surface area contributed by atoms with Crippen LogP contribution in [0.5, 0.6) is 0 Å². The molecule has 108 valence electrons. The zero-order valence-corrected chi connectivity index (χ0v) is 14.3. The number of rotatable bonds is 2. The molecule has 21 heavy (non-hydrogen) atoms. The summed E-state index contributed by atoms with van der Waals surface area (Å²) in [5, 5.41) is 10.3. The smallest absolute Gasteiger partial charge is 0.134 e. The maximum absolute atomic E-state index is 9.49. The first-order chi connectivity index (χ1) is 10.1. The van der Waals surface area contributed by atoms with Crippen LogP contribution in [0.2, 0.25) is 4.34 Å². The fourth-order valence-electron chi connectivity index (χ4n) is 2.65. The standard InChI is InChI=1S/C16H15ClN2S2/c1-9-3-4-11-12(8-18)16(21-14(11)7-9)19-10(2)13-5-6-15(17)20-13/h5-6,9H,3-4,7H2,1-2H3/b19-10+. The SMILES string of the molecule is C/C(=N\c1sc2c(c1C#N)CCC(C)C2)c1ccc(Cl)s1. The van der Waals surface area contributed by atoms with Crippen LogP contribution in [-0.2, 0) is 12.8 Å². The lowest BCUT2D eigenvalue weighted by molar-refractivity contribution is 0.507. The van der Waals surface area contributed by atoms with Crippen molar-refractivity contribution in [3.63, 3.8) is 0 Å². The minimum atomic E-state index is 0.705. The molecule has 1 atom stereocenters. The van der Waals surface area contributed by atoms with E-state index in [-0.39, 0.29) is 0 Å². The van der Waals surface area contributed by atoms with Crippen molar-refractivity contribution >= 4 is 45.0 Å². The van der Waals surface area contributed by atoms with Crippen LogP contribution < -0.4 is 0 Å². The fraction of sp³-hybridized carbons (Fsp3) is 0.375. The molecule has 2 aromatic heterocycles. The lowest BCUT2D eigenvalue weighted by Crippen LogP contribution is -2.09. The lowest BCUT2D eigenvalue weighted by atomic mass is 9.89. The van der Waals surface area contributed by atoms with Crippen molar-refractivity contribution in [3.8, 4) is 6.07 Å². The molecule has 0 radical (unpaired) electrons. The van der Waals surface area contributed by atoms with Crippen LogP contribution in [0.15, 0.2) is 17.1 Å². The van der Waals surface area contributed by atoms with Gasteiger partial charge in [0.05, 0.1) is 15.6 Å². The van der Waals surface area contributed by atoms with Gasteiger partial charge in [0.2, 0.25) is 0 Å². The van der Waals surface area contributed by atoms with Crippen molar-refractivity contribution in [3.05, 3.63) is 37.4 Å². The van der Waals surface area contributed by atoms with Crippen LogP contribution >= 0.6 is 34.3 Å². The minimum absolute atomic E-state index is 0.705. The first-order valence-corrected chi connectivity index (χ1v) is 8.95. The Morgan fingerprint density at radius 1 is 1.43 bits per heavy atom. The number of nitriles is 1. The number of halogens is 1. The van der Waals surface area contributed by atoms with E-state index in [1.165, 1.54) is 28.2 Å². The van der Waals surface area contributed by atoms with Gasteiger partial charge in [0.1, 0.15) is 11.1 Å². The molecule has 2 heterocycles. The summed E-state index contributed by atoms with van der Waals surface area (Å²) in [6, 6.07) is 6.22. The largest absolute Gasteiger partial charge is 0.240 e. The van der Waals surface area contributed by atoms with E-state index in [9.17, 15) is 5.26 Å². The van der Waals surface area contributed by atoms with Crippen molar-refractivity contribution in [1.29, 1.82) is 5.26 Å². The van der Waals surface area contributed by atoms with Crippen molar-refractivity contribution in [1.82, 2.24) is 0 Å². The molecule has 5 heteroatoms. The van der Waals surface area contributed by atoms with Gasteiger partial charge in [-0.2, -0.15) is 5.26 Å². The first-order valence-electron chi connectivity index (χ1n) is 6.94. The topological polar surface area (TPSA) is 36.1 Å². The van der Waals surface area contributed by atoms with E-state index in [1.807, 2.05) is 19.1 Å². The average Bonchev–Trinajstić information content (AvgIpc) is 3.01. The Kier molecular flexibility index (Phi) is 4.17. The van der Waals surface area contributed by atoms with Gasteiger partial charge in [0, 0.05) is 9.75 Å². The van der Waals surface area contributed by atoms with Crippen LogP contribution in [0.25, 0.3) is 0 Å². The second kappa shape index (κ2) is 5.92. The van der Waals surface area contributed by atoms with E-state index in [4.69, 9.17) is 16.6 Å². The van der Waals surface area contributed by atoms with Crippen molar-refractivity contribution < 1.29 is 0 Å². The Morgan fingerprint density at radius 3 is 2.90 bits per heavy atom. The second-order valence-electron chi connectivity index (χ2n) is 5.44. The van der Waals surface area contributed by atoms with Gasteiger partial charge in [-0.15, -0.1) is 22.7 Å². The predicted octanol–water partition coefficient (Wildman–Crippen LogP) is 5.60. The molecule has 2 nitrogen and oxygen atoms in total. The number of thiophene rings is 2. The molecule has 0 spiro atoms. The molecular formula is C16H15ClN2S2. The second-order valence-corrected chi connectivity index (χ2v) is 8.24. The molecule has 0 saturated heterocycles. The zero-order chi connectivity index (χ0) is 15.0. The van der Waals surface area contributed by atoms with Gasteiger partial charge >= 0.3 is 0 Å². The third kappa shape index (κ3) is 2.91. The maximum atomic E-state index is 9.49. The quantitative estimate of drug-likeness (QED) is 0.658. The van der Waals surface area contributed by atoms with Crippen molar-refractivity contribution in [2.24, 2.45) is 10.9 Å². The summed E-state index contributed by atoms with van der Waals surface area (Å²) in [4.78, 5) is 7.11. The average molecular weight is 335 g/mol. The highest BCUT2D eigenvalue weighted by Crippen LogP contribution is 2.41. The highest BCUT2D eigenvalue weighted by Gasteiger charge is 2.23. The van der Waals surface area contributed by atoms with E-state index in [2.05, 4.69) is 13.0 Å². The number of aliphatic imine (C=N–C) groups is 1. The minimum Gasteiger partial charge on any atom is -0.240 e. The highest BCUT2D eigenvalue weighted by atomic mass is 35.5. The Balaban J connectivity index is 2.01. The molecule has 1 unspecified atom stereocenters. The summed E-state index contributed by atoms with van der Waals surface area (Å²) in [7, 11) is 0. The van der Waals surface area contributed by atoms with Gasteiger partial charge < -0.3 is 0 Å². The summed E-state index contributed by atoms with van der Waals surface area (Å²) in [5.74, 6) is 0.705. The zero-order valence-electron chi connectivity index (χ0n) is 11.9. The summed E-state index contributed by atoms with van der Waals surface area (Å²) >= 11 is 9.18. The van der Waals surface area contributed by atoms with Gasteiger partial charge in [0.25, 0.3) is 0 Å². The summed E-state index contributed by atoms with van der Waals surface area (Å²) in [5.41, 5.74) is 2.94. The van der Waals surface area contributed by atoms with Crippen LogP contribution in [0.1, 0.15) is 41.1 Å². The highest BCUT2D eigenvalue weighted by molar-refractivity contribution is 7.18. The summed E-state index contributed by atoms with van der Waals surface area (Å²) < 4.78 is 0.763. The van der Waals surface area contributed by atoms with E-state index >= 15 is 0 Å². The third-order valence-electron chi connectivity index (χ3n) is 3.80. The first kappa shape index (κ1) is 14.8. The normalized spacial score (nSPS) is 18.4.